The normalized spacial score (nSPS) is 11.6. The van der Waals surface area contributed by atoms with E-state index in [0.717, 1.165) is 57.0 Å². The molecule has 0 bridgehead atoms. The van der Waals surface area contributed by atoms with Crippen molar-refractivity contribution in [3.63, 3.8) is 0 Å². The van der Waals surface area contributed by atoms with Gasteiger partial charge in [-0.2, -0.15) is 0 Å². The van der Waals surface area contributed by atoms with Gasteiger partial charge in [-0.05, 0) is 85.8 Å². The molecule has 0 radical (unpaired) electrons. The number of rotatable bonds is 6. The third-order valence-corrected chi connectivity index (χ3v) is 7.06. The molecule has 0 spiro atoms. The van der Waals surface area contributed by atoms with Crippen LogP contribution in [-0.2, 0) is 6.42 Å². The quantitative estimate of drug-likeness (QED) is 0.115. The largest absolute Gasteiger partial charge is 0.478 e. The monoisotopic (exact) mass is 472 g/mol. The fourth-order valence-electron chi connectivity index (χ4n) is 5.34. The summed E-state index contributed by atoms with van der Waals surface area (Å²) in [5.41, 5.74) is 2.02. The zero-order valence-electron chi connectivity index (χ0n) is 19.9. The third kappa shape index (κ3) is 3.45. The maximum Gasteiger partial charge on any atom is 0.344 e. The first kappa shape index (κ1) is 22.1. The van der Waals surface area contributed by atoms with E-state index >= 15 is 0 Å². The topological polar surface area (TPSA) is 63.6 Å². The molecule has 4 heteroatoms. The van der Waals surface area contributed by atoms with Crippen LogP contribution in [0.5, 0.6) is 5.75 Å². The zero-order chi connectivity index (χ0) is 24.8. The zero-order valence-corrected chi connectivity index (χ0v) is 19.9. The van der Waals surface area contributed by atoms with E-state index in [1.165, 1.54) is 5.56 Å². The molecule has 0 aliphatic rings. The number of hydrogen-bond acceptors (Lipinski definition) is 3. The van der Waals surface area contributed by atoms with E-state index in [4.69, 9.17) is 4.74 Å². The first-order valence-corrected chi connectivity index (χ1v) is 12.2. The molecule has 4 nitrogen and oxygen atoms in total. The summed E-state index contributed by atoms with van der Waals surface area (Å²) in [7, 11) is 0. The maximum absolute atomic E-state index is 13.3. The van der Waals surface area contributed by atoms with Gasteiger partial charge in [0.05, 0.1) is 11.1 Å². The number of hydrogen-bond donors (Lipinski definition) is 1. The number of carbonyl (C=O) groups is 2. The van der Waals surface area contributed by atoms with Crippen LogP contribution in [-0.4, -0.2) is 17.0 Å². The lowest BCUT2D eigenvalue weighted by molar-refractivity contribution is 0.0696. The van der Waals surface area contributed by atoms with Gasteiger partial charge in [0, 0.05) is 0 Å². The van der Waals surface area contributed by atoms with Gasteiger partial charge in [-0.3, -0.25) is 0 Å². The summed E-state index contributed by atoms with van der Waals surface area (Å²) >= 11 is 0. The SMILES string of the molecule is CCCCc1ccc(OC(=O)c2ccc3c4ccc(C(=O)O)c5cccc(c6cccc2c63)c54)cc1. The number of carboxylic acid groups (broad SMARTS) is 1. The molecule has 176 valence electrons. The number of unbranched alkanes of at least 4 members (excludes halogenated alkanes) is 1. The summed E-state index contributed by atoms with van der Waals surface area (Å²) in [5, 5.41) is 17.1. The Morgan fingerprint density at radius 2 is 1.19 bits per heavy atom. The molecule has 0 aliphatic heterocycles. The number of carboxylic acids is 1. The Morgan fingerprint density at radius 3 is 1.78 bits per heavy atom. The molecule has 6 aromatic carbocycles. The van der Waals surface area contributed by atoms with E-state index in [9.17, 15) is 14.7 Å². The summed E-state index contributed by atoms with van der Waals surface area (Å²) in [6.45, 7) is 2.17. The van der Waals surface area contributed by atoms with Gasteiger partial charge in [-0.15, -0.1) is 0 Å². The maximum atomic E-state index is 13.3. The number of benzene rings is 6. The highest BCUT2D eigenvalue weighted by molar-refractivity contribution is 6.35. The first-order chi connectivity index (χ1) is 17.6. The lowest BCUT2D eigenvalue weighted by Crippen LogP contribution is -2.09. The molecule has 0 heterocycles. The van der Waals surface area contributed by atoms with Crippen LogP contribution in [0.1, 0.15) is 46.0 Å². The second-order valence-electron chi connectivity index (χ2n) is 9.22. The Hall–Kier alpha value is -4.44. The molecular formula is C32H24O4. The van der Waals surface area contributed by atoms with Crippen molar-refractivity contribution in [2.75, 3.05) is 0 Å². The molecule has 36 heavy (non-hydrogen) atoms. The van der Waals surface area contributed by atoms with Gasteiger partial charge in [-0.1, -0.05) is 74.0 Å². The molecule has 0 saturated carbocycles. The molecule has 0 unspecified atom stereocenters. The number of carbonyl (C=O) groups excluding carboxylic acids is 1. The predicted octanol–water partition coefficient (Wildman–Crippen LogP) is 8.00. The molecule has 0 aromatic heterocycles. The Morgan fingerprint density at radius 1 is 0.667 bits per heavy atom. The van der Waals surface area contributed by atoms with Gasteiger partial charge < -0.3 is 9.84 Å². The number of esters is 1. The van der Waals surface area contributed by atoms with Crippen molar-refractivity contribution in [1.82, 2.24) is 0 Å². The van der Waals surface area contributed by atoms with Gasteiger partial charge in [0.15, 0.2) is 0 Å². The molecule has 0 fully saturated rings. The predicted molar refractivity (Wildman–Crippen MR) is 145 cm³/mol. The van der Waals surface area contributed by atoms with E-state index in [0.29, 0.717) is 16.7 Å². The summed E-state index contributed by atoms with van der Waals surface area (Å²) in [6.07, 6.45) is 3.29. The fraction of sp³-hybridized carbons (Fsp3) is 0.125. The van der Waals surface area contributed by atoms with Crippen molar-refractivity contribution in [2.45, 2.75) is 26.2 Å². The van der Waals surface area contributed by atoms with Gasteiger partial charge in [0.1, 0.15) is 5.75 Å². The standard InChI is InChI=1S/C32H24O4/c1-2-3-6-19-11-13-20(14-12-19)36-32(35)28-18-16-26-25-15-17-27(31(33)34)23-9-4-7-21(29(23)25)22-8-5-10-24(28)30(22)26/h4-5,7-18H,2-3,6H2,1H3,(H,33,34). The van der Waals surface area contributed by atoms with Crippen LogP contribution in [0.15, 0.2) is 84.9 Å². The number of fused-ring (bicyclic) bond motifs is 2. The molecule has 0 atom stereocenters. The number of aryl methyl sites for hydroxylation is 1. The summed E-state index contributed by atoms with van der Waals surface area (Å²) in [6, 6.07) is 26.7. The highest BCUT2D eigenvalue weighted by atomic mass is 16.5. The summed E-state index contributed by atoms with van der Waals surface area (Å²) < 4.78 is 5.76. The van der Waals surface area contributed by atoms with Crippen molar-refractivity contribution in [1.29, 1.82) is 0 Å². The number of ether oxygens (including phenoxy) is 1. The molecule has 6 rings (SSSR count). The minimum atomic E-state index is -0.945. The fourth-order valence-corrected chi connectivity index (χ4v) is 5.34. The van der Waals surface area contributed by atoms with Gasteiger partial charge in [-0.25, -0.2) is 9.59 Å². The Balaban J connectivity index is 1.50. The van der Waals surface area contributed by atoms with Crippen LogP contribution < -0.4 is 4.74 Å². The highest BCUT2D eigenvalue weighted by Crippen LogP contribution is 2.42. The Labute approximate surface area is 208 Å². The molecule has 6 aromatic rings. The van der Waals surface area contributed by atoms with Gasteiger partial charge in [0.25, 0.3) is 0 Å². The Bertz CT molecular complexity index is 1760. The highest BCUT2D eigenvalue weighted by Gasteiger charge is 2.20. The van der Waals surface area contributed by atoms with E-state index < -0.39 is 11.9 Å². The third-order valence-electron chi connectivity index (χ3n) is 7.06. The van der Waals surface area contributed by atoms with E-state index in [1.807, 2.05) is 78.9 Å². The lowest BCUT2D eigenvalue weighted by atomic mass is 9.87. The molecule has 0 amide bonds. The minimum Gasteiger partial charge on any atom is -0.478 e. The van der Waals surface area contributed by atoms with Crippen molar-refractivity contribution in [3.05, 3.63) is 102 Å². The van der Waals surface area contributed by atoms with Crippen LogP contribution in [0.4, 0.5) is 0 Å². The van der Waals surface area contributed by atoms with E-state index in [2.05, 4.69) is 6.92 Å². The second-order valence-corrected chi connectivity index (χ2v) is 9.22. The summed E-state index contributed by atoms with van der Waals surface area (Å²) in [5.74, 6) is -0.818. The summed E-state index contributed by atoms with van der Waals surface area (Å²) in [4.78, 5) is 25.1. The molecular weight excluding hydrogens is 448 g/mol. The van der Waals surface area contributed by atoms with Gasteiger partial charge in [0.2, 0.25) is 0 Å². The van der Waals surface area contributed by atoms with Crippen molar-refractivity contribution >= 4 is 55.0 Å². The minimum absolute atomic E-state index is 0.284. The molecule has 0 saturated heterocycles. The smallest absolute Gasteiger partial charge is 0.344 e. The van der Waals surface area contributed by atoms with Crippen molar-refractivity contribution < 1.29 is 19.4 Å². The van der Waals surface area contributed by atoms with Crippen molar-refractivity contribution in [2.24, 2.45) is 0 Å². The lowest BCUT2D eigenvalue weighted by Gasteiger charge is -2.17. The van der Waals surface area contributed by atoms with Crippen LogP contribution >= 0.6 is 0 Å². The molecule has 0 aliphatic carbocycles. The Kier molecular flexibility index (Phi) is 5.30. The van der Waals surface area contributed by atoms with Crippen molar-refractivity contribution in [3.8, 4) is 5.75 Å². The van der Waals surface area contributed by atoms with E-state index in [1.54, 1.807) is 6.07 Å². The van der Waals surface area contributed by atoms with Crippen LogP contribution in [0.2, 0.25) is 0 Å². The average Bonchev–Trinajstić information content (AvgIpc) is 2.90. The van der Waals surface area contributed by atoms with Crippen LogP contribution in [0.3, 0.4) is 0 Å². The van der Waals surface area contributed by atoms with E-state index in [-0.39, 0.29) is 5.56 Å². The van der Waals surface area contributed by atoms with Gasteiger partial charge >= 0.3 is 11.9 Å². The first-order valence-electron chi connectivity index (χ1n) is 12.2. The second kappa shape index (κ2) is 8.65. The average molecular weight is 473 g/mol. The molecule has 1 N–H and O–H groups in total. The van der Waals surface area contributed by atoms with Crippen LogP contribution in [0, 0.1) is 0 Å². The number of aromatic carboxylic acids is 1. The van der Waals surface area contributed by atoms with Crippen LogP contribution in [0.25, 0.3) is 43.1 Å².